The SMILES string of the molecule is CCOC(=O)c1ccc(Nc2ccnc(N3CCCc4ccccc43)n2)cc1. The van der Waals surface area contributed by atoms with Gasteiger partial charge in [-0.1, -0.05) is 18.2 Å². The topological polar surface area (TPSA) is 67.3 Å². The molecule has 28 heavy (non-hydrogen) atoms. The molecule has 6 nitrogen and oxygen atoms in total. The van der Waals surface area contributed by atoms with E-state index in [1.54, 1.807) is 25.3 Å². The number of hydrogen-bond acceptors (Lipinski definition) is 6. The van der Waals surface area contributed by atoms with Crippen molar-refractivity contribution < 1.29 is 9.53 Å². The molecule has 142 valence electrons. The molecule has 0 saturated carbocycles. The highest BCUT2D eigenvalue weighted by Gasteiger charge is 2.20. The predicted molar refractivity (Wildman–Crippen MR) is 109 cm³/mol. The first kappa shape index (κ1) is 18.0. The zero-order chi connectivity index (χ0) is 19.3. The highest BCUT2D eigenvalue weighted by Crippen LogP contribution is 2.31. The average Bonchev–Trinajstić information content (AvgIpc) is 2.74. The van der Waals surface area contributed by atoms with E-state index >= 15 is 0 Å². The molecule has 3 aromatic rings. The maximum atomic E-state index is 11.8. The second-order valence-electron chi connectivity index (χ2n) is 6.55. The van der Waals surface area contributed by atoms with E-state index in [1.165, 1.54) is 11.3 Å². The van der Waals surface area contributed by atoms with Gasteiger partial charge in [0.05, 0.1) is 12.2 Å². The van der Waals surface area contributed by atoms with Crippen LogP contribution >= 0.6 is 0 Å². The maximum Gasteiger partial charge on any atom is 0.338 e. The van der Waals surface area contributed by atoms with Crippen LogP contribution in [0.15, 0.2) is 60.8 Å². The fourth-order valence-corrected chi connectivity index (χ4v) is 3.34. The van der Waals surface area contributed by atoms with Crippen LogP contribution in [-0.2, 0) is 11.2 Å². The number of hydrogen-bond donors (Lipinski definition) is 1. The van der Waals surface area contributed by atoms with Crippen LogP contribution < -0.4 is 10.2 Å². The summed E-state index contributed by atoms with van der Waals surface area (Å²) in [7, 11) is 0. The van der Waals surface area contributed by atoms with E-state index in [9.17, 15) is 4.79 Å². The summed E-state index contributed by atoms with van der Waals surface area (Å²) in [6, 6.07) is 17.4. The van der Waals surface area contributed by atoms with Gasteiger partial charge in [-0.15, -0.1) is 0 Å². The number of nitrogens with one attached hydrogen (secondary N) is 1. The number of rotatable bonds is 5. The molecule has 1 aliphatic heterocycles. The number of anilines is 4. The van der Waals surface area contributed by atoms with E-state index < -0.39 is 0 Å². The number of fused-ring (bicyclic) bond motifs is 1. The van der Waals surface area contributed by atoms with Crippen LogP contribution in [0.3, 0.4) is 0 Å². The molecule has 0 bridgehead atoms. The van der Waals surface area contributed by atoms with Crippen molar-refractivity contribution in [3.63, 3.8) is 0 Å². The molecule has 2 aromatic carbocycles. The van der Waals surface area contributed by atoms with Gasteiger partial charge in [0.15, 0.2) is 0 Å². The third kappa shape index (κ3) is 3.81. The van der Waals surface area contributed by atoms with Crippen LogP contribution in [0, 0.1) is 0 Å². The lowest BCUT2D eigenvalue weighted by atomic mass is 10.0. The summed E-state index contributed by atoms with van der Waals surface area (Å²) in [6.45, 7) is 3.05. The van der Waals surface area contributed by atoms with Crippen molar-refractivity contribution >= 4 is 29.1 Å². The van der Waals surface area contributed by atoms with Crippen LogP contribution in [-0.4, -0.2) is 29.1 Å². The standard InChI is InChI=1S/C22H22N4O2/c1-2-28-21(27)17-9-11-18(12-10-17)24-20-13-14-23-22(25-20)26-15-5-7-16-6-3-4-8-19(16)26/h3-4,6,8-14H,2,5,7,15H2,1H3,(H,23,24,25). The van der Waals surface area contributed by atoms with E-state index in [4.69, 9.17) is 4.74 Å². The fourth-order valence-electron chi connectivity index (χ4n) is 3.34. The molecular weight excluding hydrogens is 352 g/mol. The lowest BCUT2D eigenvalue weighted by Gasteiger charge is -2.29. The Balaban J connectivity index is 1.53. The Morgan fingerprint density at radius 1 is 1.14 bits per heavy atom. The zero-order valence-electron chi connectivity index (χ0n) is 15.8. The number of carbonyl (C=O) groups excluding carboxylic acids is 1. The van der Waals surface area contributed by atoms with Gasteiger partial charge < -0.3 is 15.0 Å². The number of benzene rings is 2. The molecule has 6 heteroatoms. The molecule has 1 aliphatic rings. The molecule has 0 saturated heterocycles. The van der Waals surface area contributed by atoms with Crippen LogP contribution in [0.5, 0.6) is 0 Å². The summed E-state index contributed by atoms with van der Waals surface area (Å²) in [5.41, 5.74) is 3.87. The molecule has 1 aromatic heterocycles. The van der Waals surface area contributed by atoms with Gasteiger partial charge in [-0.2, -0.15) is 4.98 Å². The van der Waals surface area contributed by atoms with E-state index in [0.29, 0.717) is 23.9 Å². The molecule has 0 aliphatic carbocycles. The third-order valence-corrected chi connectivity index (χ3v) is 4.66. The lowest BCUT2D eigenvalue weighted by molar-refractivity contribution is 0.0526. The molecule has 0 spiro atoms. The van der Waals surface area contributed by atoms with Crippen molar-refractivity contribution in [1.29, 1.82) is 0 Å². The van der Waals surface area contributed by atoms with Gasteiger partial charge in [0.25, 0.3) is 0 Å². The molecule has 0 radical (unpaired) electrons. The van der Waals surface area contributed by atoms with Crippen molar-refractivity contribution in [2.24, 2.45) is 0 Å². The second kappa shape index (κ2) is 8.08. The van der Waals surface area contributed by atoms with Crippen LogP contribution in [0.1, 0.15) is 29.3 Å². The summed E-state index contributed by atoms with van der Waals surface area (Å²) in [4.78, 5) is 23.1. The minimum atomic E-state index is -0.317. The maximum absolute atomic E-state index is 11.8. The predicted octanol–water partition coefficient (Wildman–Crippen LogP) is 4.48. The first-order valence-electron chi connectivity index (χ1n) is 9.47. The van der Waals surface area contributed by atoms with Crippen LogP contribution in [0.25, 0.3) is 0 Å². The number of carbonyl (C=O) groups is 1. The minimum Gasteiger partial charge on any atom is -0.462 e. The molecule has 0 atom stereocenters. The van der Waals surface area contributed by atoms with E-state index in [2.05, 4.69) is 38.4 Å². The molecule has 0 fully saturated rings. The molecule has 2 heterocycles. The van der Waals surface area contributed by atoms with Gasteiger partial charge in [0.1, 0.15) is 5.82 Å². The van der Waals surface area contributed by atoms with Gasteiger partial charge in [-0.05, 0) is 61.7 Å². The number of aryl methyl sites for hydroxylation is 1. The number of aromatic nitrogens is 2. The van der Waals surface area contributed by atoms with Gasteiger partial charge in [-0.3, -0.25) is 0 Å². The Morgan fingerprint density at radius 2 is 1.96 bits per heavy atom. The van der Waals surface area contributed by atoms with E-state index in [-0.39, 0.29) is 5.97 Å². The van der Waals surface area contributed by atoms with Crippen molar-refractivity contribution in [2.75, 3.05) is 23.4 Å². The molecule has 0 unspecified atom stereocenters. The van der Waals surface area contributed by atoms with Crippen molar-refractivity contribution in [3.05, 3.63) is 71.9 Å². The lowest BCUT2D eigenvalue weighted by Crippen LogP contribution is -2.26. The molecule has 1 N–H and O–H groups in total. The number of ether oxygens (including phenoxy) is 1. The molecular formula is C22H22N4O2. The quantitative estimate of drug-likeness (QED) is 0.664. The summed E-state index contributed by atoms with van der Waals surface area (Å²) in [6.07, 6.45) is 3.92. The van der Waals surface area contributed by atoms with Crippen LogP contribution in [0.2, 0.25) is 0 Å². The monoisotopic (exact) mass is 374 g/mol. The first-order chi connectivity index (χ1) is 13.7. The Labute approximate surface area is 164 Å². The normalized spacial score (nSPS) is 13.0. The number of esters is 1. The minimum absolute atomic E-state index is 0.317. The Kier molecular flexibility index (Phi) is 5.19. The van der Waals surface area contributed by atoms with Crippen LogP contribution in [0.4, 0.5) is 23.1 Å². The smallest absolute Gasteiger partial charge is 0.338 e. The first-order valence-corrected chi connectivity index (χ1v) is 9.47. The summed E-state index contributed by atoms with van der Waals surface area (Å²) in [5.74, 6) is 1.07. The van der Waals surface area contributed by atoms with Crippen molar-refractivity contribution in [1.82, 2.24) is 9.97 Å². The Bertz CT molecular complexity index is 972. The Morgan fingerprint density at radius 3 is 2.79 bits per heavy atom. The highest BCUT2D eigenvalue weighted by molar-refractivity contribution is 5.89. The number of nitrogens with zero attached hydrogens (tertiary/aromatic N) is 3. The second-order valence-corrected chi connectivity index (χ2v) is 6.55. The highest BCUT2D eigenvalue weighted by atomic mass is 16.5. The summed E-state index contributed by atoms with van der Waals surface area (Å²) < 4.78 is 5.01. The third-order valence-electron chi connectivity index (χ3n) is 4.66. The van der Waals surface area contributed by atoms with Gasteiger partial charge in [0.2, 0.25) is 5.95 Å². The zero-order valence-corrected chi connectivity index (χ0v) is 15.8. The fraction of sp³-hybridized carbons (Fsp3) is 0.227. The summed E-state index contributed by atoms with van der Waals surface area (Å²) in [5, 5.41) is 3.28. The van der Waals surface area contributed by atoms with E-state index in [1.807, 2.05) is 24.3 Å². The molecule has 0 amide bonds. The summed E-state index contributed by atoms with van der Waals surface area (Å²) >= 11 is 0. The van der Waals surface area contributed by atoms with Gasteiger partial charge >= 0.3 is 5.97 Å². The average molecular weight is 374 g/mol. The van der Waals surface area contributed by atoms with Gasteiger partial charge in [0, 0.05) is 24.1 Å². The van der Waals surface area contributed by atoms with E-state index in [0.717, 1.165) is 25.1 Å². The van der Waals surface area contributed by atoms with Crippen molar-refractivity contribution in [2.45, 2.75) is 19.8 Å². The largest absolute Gasteiger partial charge is 0.462 e. The molecule has 4 rings (SSSR count). The van der Waals surface area contributed by atoms with Crippen molar-refractivity contribution in [3.8, 4) is 0 Å². The van der Waals surface area contributed by atoms with Gasteiger partial charge in [-0.25, -0.2) is 9.78 Å². The number of para-hydroxylation sites is 1. The Hall–Kier alpha value is -3.41.